The predicted octanol–water partition coefficient (Wildman–Crippen LogP) is 1.96. The Hall–Kier alpha value is -1.83. The van der Waals surface area contributed by atoms with Crippen molar-refractivity contribution in [3.8, 4) is 6.07 Å². The summed E-state index contributed by atoms with van der Waals surface area (Å²) in [5, 5.41) is 9.60. The lowest BCUT2D eigenvalue weighted by Gasteiger charge is -2.18. The number of nitrogens with two attached hydrogens (primary N) is 1. The zero-order chi connectivity index (χ0) is 12.3. The van der Waals surface area contributed by atoms with E-state index in [0.29, 0.717) is 17.4 Å². The molecule has 4 nitrogen and oxygen atoms in total. The molecule has 0 saturated heterocycles. The van der Waals surface area contributed by atoms with Crippen LogP contribution in [0.1, 0.15) is 17.4 Å². The first kappa shape index (κ1) is 11.6. The van der Waals surface area contributed by atoms with Gasteiger partial charge in [-0.25, -0.2) is 4.98 Å². The van der Waals surface area contributed by atoms with Crippen molar-refractivity contribution in [1.29, 1.82) is 5.26 Å². The minimum atomic E-state index is -0.166. The Morgan fingerprint density at radius 2 is 2.24 bits per heavy atom. The molecule has 1 unspecified atom stereocenters. The third kappa shape index (κ3) is 2.16. The average molecular weight is 247 g/mol. The number of rotatable bonds is 3. The van der Waals surface area contributed by atoms with Crippen molar-refractivity contribution in [1.82, 2.24) is 9.55 Å². The van der Waals surface area contributed by atoms with Crippen LogP contribution in [-0.4, -0.2) is 16.1 Å². The number of hydrogen-bond donors (Lipinski definition) is 1. The molecule has 0 radical (unpaired) electrons. The molecule has 0 fully saturated rings. The fourth-order valence-electron chi connectivity index (χ4n) is 1.79. The highest BCUT2D eigenvalue weighted by Crippen LogP contribution is 2.25. The Morgan fingerprint density at radius 3 is 2.88 bits per heavy atom. The van der Waals surface area contributed by atoms with Crippen LogP contribution in [0.25, 0.3) is 0 Å². The Kier molecular flexibility index (Phi) is 3.43. The van der Waals surface area contributed by atoms with Crippen LogP contribution >= 0.6 is 11.6 Å². The van der Waals surface area contributed by atoms with Crippen molar-refractivity contribution in [3.05, 3.63) is 53.1 Å². The summed E-state index contributed by atoms with van der Waals surface area (Å²) in [5.74, 6) is 0.334. The minimum absolute atomic E-state index is 0.166. The van der Waals surface area contributed by atoms with Gasteiger partial charge in [0.1, 0.15) is 6.07 Å². The van der Waals surface area contributed by atoms with E-state index < -0.39 is 0 Å². The Balaban J connectivity index is 2.49. The van der Waals surface area contributed by atoms with E-state index in [1.807, 2.05) is 30.3 Å². The highest BCUT2D eigenvalue weighted by Gasteiger charge is 2.17. The van der Waals surface area contributed by atoms with Crippen molar-refractivity contribution in [3.63, 3.8) is 0 Å². The van der Waals surface area contributed by atoms with E-state index in [9.17, 15) is 0 Å². The van der Waals surface area contributed by atoms with Crippen molar-refractivity contribution < 1.29 is 0 Å². The van der Waals surface area contributed by atoms with Gasteiger partial charge < -0.3 is 10.3 Å². The fraction of sp³-hybridized carbons (Fsp3) is 0.167. The quantitative estimate of drug-likeness (QED) is 0.900. The average Bonchev–Trinajstić information content (AvgIpc) is 2.81. The van der Waals surface area contributed by atoms with E-state index in [1.165, 1.54) is 0 Å². The molecule has 86 valence electrons. The second kappa shape index (κ2) is 5.00. The van der Waals surface area contributed by atoms with Crippen LogP contribution in [0.3, 0.4) is 0 Å². The van der Waals surface area contributed by atoms with Crippen LogP contribution in [0.4, 0.5) is 0 Å². The van der Waals surface area contributed by atoms with Crippen molar-refractivity contribution in [2.45, 2.75) is 6.04 Å². The van der Waals surface area contributed by atoms with Crippen LogP contribution < -0.4 is 5.73 Å². The molecule has 0 aliphatic carbocycles. The van der Waals surface area contributed by atoms with Gasteiger partial charge in [0.05, 0.1) is 6.04 Å². The highest BCUT2D eigenvalue weighted by atomic mass is 35.5. The Bertz CT molecular complexity index is 554. The van der Waals surface area contributed by atoms with Crippen LogP contribution in [-0.2, 0) is 0 Å². The number of aromatic nitrogens is 2. The Labute approximate surface area is 104 Å². The summed E-state index contributed by atoms with van der Waals surface area (Å²) in [7, 11) is 0. The number of benzene rings is 1. The maximum absolute atomic E-state index is 8.96. The summed E-state index contributed by atoms with van der Waals surface area (Å²) in [5.41, 5.74) is 6.67. The van der Waals surface area contributed by atoms with Crippen molar-refractivity contribution in [2.75, 3.05) is 6.54 Å². The number of nitrogens with zero attached hydrogens (tertiary/aromatic N) is 3. The maximum atomic E-state index is 8.96. The van der Waals surface area contributed by atoms with Gasteiger partial charge in [0, 0.05) is 24.0 Å². The number of imidazole rings is 1. The second-order valence-corrected chi connectivity index (χ2v) is 3.95. The topological polar surface area (TPSA) is 67.6 Å². The van der Waals surface area contributed by atoms with Gasteiger partial charge in [-0.2, -0.15) is 5.26 Å². The van der Waals surface area contributed by atoms with Crippen molar-refractivity contribution in [2.24, 2.45) is 5.73 Å². The molecular weight excluding hydrogens is 236 g/mol. The maximum Gasteiger partial charge on any atom is 0.213 e. The molecule has 0 aliphatic heterocycles. The third-order valence-corrected chi connectivity index (χ3v) is 2.94. The predicted molar refractivity (Wildman–Crippen MR) is 65.6 cm³/mol. The molecule has 0 spiro atoms. The van der Waals surface area contributed by atoms with E-state index in [4.69, 9.17) is 22.6 Å². The van der Waals surface area contributed by atoms with E-state index in [2.05, 4.69) is 4.98 Å². The normalized spacial score (nSPS) is 12.1. The SMILES string of the molecule is N#Cc1nccn1C(CN)c1ccccc1Cl. The van der Waals surface area contributed by atoms with E-state index in [-0.39, 0.29) is 6.04 Å². The summed E-state index contributed by atoms with van der Waals surface area (Å²) >= 11 is 6.14. The number of hydrogen-bond acceptors (Lipinski definition) is 3. The van der Waals surface area contributed by atoms with E-state index in [0.717, 1.165) is 5.56 Å². The molecule has 0 bridgehead atoms. The number of nitriles is 1. The first-order valence-electron chi connectivity index (χ1n) is 5.15. The third-order valence-electron chi connectivity index (χ3n) is 2.59. The lowest BCUT2D eigenvalue weighted by atomic mass is 10.1. The molecule has 2 N–H and O–H groups in total. The standard InChI is InChI=1S/C12H11ClN4/c13-10-4-2-1-3-9(10)11(7-14)17-6-5-16-12(17)8-15/h1-6,11H,7,14H2. The molecule has 0 aliphatic rings. The lowest BCUT2D eigenvalue weighted by molar-refractivity contribution is 0.588. The summed E-state index contributed by atoms with van der Waals surface area (Å²) in [6.07, 6.45) is 3.32. The largest absolute Gasteiger partial charge is 0.328 e. The second-order valence-electron chi connectivity index (χ2n) is 3.54. The van der Waals surface area contributed by atoms with Gasteiger partial charge in [-0.15, -0.1) is 0 Å². The zero-order valence-corrected chi connectivity index (χ0v) is 9.80. The molecule has 2 aromatic rings. The number of halogens is 1. The molecule has 1 atom stereocenters. The summed E-state index contributed by atoms with van der Waals surface area (Å²) in [4.78, 5) is 3.96. The molecule has 0 amide bonds. The van der Waals surface area contributed by atoms with Crippen LogP contribution in [0.5, 0.6) is 0 Å². The van der Waals surface area contributed by atoms with Gasteiger partial charge in [-0.3, -0.25) is 0 Å². The van der Waals surface area contributed by atoms with Gasteiger partial charge in [0.15, 0.2) is 0 Å². The van der Waals surface area contributed by atoms with Crippen LogP contribution in [0.15, 0.2) is 36.7 Å². The smallest absolute Gasteiger partial charge is 0.213 e. The molecule has 2 rings (SSSR count). The van der Waals surface area contributed by atoms with E-state index in [1.54, 1.807) is 17.0 Å². The molecule has 1 aromatic heterocycles. The van der Waals surface area contributed by atoms with Gasteiger partial charge in [-0.05, 0) is 11.6 Å². The van der Waals surface area contributed by atoms with Crippen molar-refractivity contribution >= 4 is 11.6 Å². The first-order chi connectivity index (χ1) is 8.27. The molecule has 5 heteroatoms. The van der Waals surface area contributed by atoms with Gasteiger partial charge in [0.2, 0.25) is 5.82 Å². The van der Waals surface area contributed by atoms with Crippen LogP contribution in [0, 0.1) is 11.3 Å². The van der Waals surface area contributed by atoms with Gasteiger partial charge in [-0.1, -0.05) is 29.8 Å². The van der Waals surface area contributed by atoms with Gasteiger partial charge in [0.25, 0.3) is 0 Å². The highest BCUT2D eigenvalue weighted by molar-refractivity contribution is 6.31. The first-order valence-corrected chi connectivity index (χ1v) is 5.53. The van der Waals surface area contributed by atoms with Gasteiger partial charge >= 0.3 is 0 Å². The molecular formula is C12H11ClN4. The summed E-state index contributed by atoms with van der Waals surface area (Å²) < 4.78 is 1.74. The minimum Gasteiger partial charge on any atom is -0.328 e. The fourth-order valence-corrected chi connectivity index (χ4v) is 2.05. The Morgan fingerprint density at radius 1 is 1.47 bits per heavy atom. The summed E-state index contributed by atoms with van der Waals surface area (Å²) in [6, 6.07) is 9.33. The van der Waals surface area contributed by atoms with E-state index >= 15 is 0 Å². The molecule has 1 aromatic carbocycles. The molecule has 1 heterocycles. The summed E-state index contributed by atoms with van der Waals surface area (Å²) in [6.45, 7) is 0.356. The monoisotopic (exact) mass is 246 g/mol. The zero-order valence-electron chi connectivity index (χ0n) is 9.05. The van der Waals surface area contributed by atoms with Crippen LogP contribution in [0.2, 0.25) is 5.02 Å². The lowest BCUT2D eigenvalue weighted by Crippen LogP contribution is -2.21. The molecule has 17 heavy (non-hydrogen) atoms. The molecule has 0 saturated carbocycles.